The van der Waals surface area contributed by atoms with Crippen molar-refractivity contribution in [2.45, 2.75) is 25.8 Å². The predicted molar refractivity (Wildman–Crippen MR) is 93.0 cm³/mol. The first-order valence-corrected chi connectivity index (χ1v) is 9.19. The summed E-state index contributed by atoms with van der Waals surface area (Å²) in [7, 11) is 0. The zero-order valence-corrected chi connectivity index (χ0v) is 14.4. The highest BCUT2D eigenvalue weighted by Crippen LogP contribution is 2.32. The third-order valence-corrected chi connectivity index (χ3v) is 5.03. The van der Waals surface area contributed by atoms with Gasteiger partial charge in [0.1, 0.15) is 11.5 Å². The molecule has 1 fully saturated rings. The summed E-state index contributed by atoms with van der Waals surface area (Å²) < 4.78 is 5.13. The molecular formula is C18H20N2O3S. The quantitative estimate of drug-likeness (QED) is 0.753. The summed E-state index contributed by atoms with van der Waals surface area (Å²) in [5.41, 5.74) is 1.51. The fourth-order valence-corrected chi connectivity index (χ4v) is 3.73. The Labute approximate surface area is 145 Å². The number of Topliss-reactive ketones (excluding diaryl/α,β-unsaturated/α-hetero) is 1. The maximum Gasteiger partial charge on any atom is 0.233 e. The van der Waals surface area contributed by atoms with E-state index in [1.165, 1.54) is 11.8 Å². The lowest BCUT2D eigenvalue weighted by molar-refractivity contribution is -0.129. The van der Waals surface area contributed by atoms with Crippen molar-refractivity contribution < 1.29 is 14.1 Å². The lowest BCUT2D eigenvalue weighted by atomic mass is 10.1. The van der Waals surface area contributed by atoms with Crippen LogP contribution in [0.25, 0.3) is 0 Å². The van der Waals surface area contributed by atoms with Crippen molar-refractivity contribution in [3.05, 3.63) is 53.4 Å². The first kappa shape index (κ1) is 16.8. The van der Waals surface area contributed by atoms with Gasteiger partial charge in [-0.2, -0.15) is 0 Å². The van der Waals surface area contributed by atoms with Crippen molar-refractivity contribution in [1.29, 1.82) is 0 Å². The smallest absolute Gasteiger partial charge is 0.233 e. The molecule has 1 amide bonds. The van der Waals surface area contributed by atoms with Gasteiger partial charge in [-0.3, -0.25) is 9.59 Å². The van der Waals surface area contributed by atoms with Gasteiger partial charge in [0, 0.05) is 18.2 Å². The summed E-state index contributed by atoms with van der Waals surface area (Å²) in [6.07, 6.45) is 1.88. The van der Waals surface area contributed by atoms with Gasteiger partial charge in [0.15, 0.2) is 5.78 Å². The normalized spacial score (nSPS) is 17.2. The van der Waals surface area contributed by atoms with Crippen LogP contribution in [0.5, 0.6) is 0 Å². The molecule has 0 radical (unpaired) electrons. The number of carbonyl (C=O) groups is 2. The Bertz CT molecular complexity index is 714. The van der Waals surface area contributed by atoms with E-state index in [1.54, 1.807) is 12.1 Å². The molecule has 0 bridgehead atoms. The van der Waals surface area contributed by atoms with Gasteiger partial charge in [-0.1, -0.05) is 35.5 Å². The Balaban J connectivity index is 1.52. The molecule has 6 heteroatoms. The van der Waals surface area contributed by atoms with E-state index in [9.17, 15) is 9.59 Å². The summed E-state index contributed by atoms with van der Waals surface area (Å²) in [5.74, 6) is 1.50. The number of hydrogen-bond donors (Lipinski definition) is 0. The van der Waals surface area contributed by atoms with E-state index in [1.807, 2.05) is 36.1 Å². The molecule has 1 atom stereocenters. The van der Waals surface area contributed by atoms with Crippen LogP contribution in [0.3, 0.4) is 0 Å². The monoisotopic (exact) mass is 344 g/mol. The first-order chi connectivity index (χ1) is 11.6. The third-order valence-electron chi connectivity index (χ3n) is 4.12. The van der Waals surface area contributed by atoms with Gasteiger partial charge >= 0.3 is 0 Å². The minimum absolute atomic E-state index is 0.000347. The van der Waals surface area contributed by atoms with Crippen LogP contribution < -0.4 is 0 Å². The van der Waals surface area contributed by atoms with E-state index in [0.717, 1.165) is 30.8 Å². The lowest BCUT2D eigenvalue weighted by Crippen LogP contribution is -2.32. The first-order valence-electron chi connectivity index (χ1n) is 8.04. The molecule has 1 aromatic carbocycles. The van der Waals surface area contributed by atoms with E-state index < -0.39 is 0 Å². The van der Waals surface area contributed by atoms with Crippen LogP contribution in [0.15, 0.2) is 40.9 Å². The van der Waals surface area contributed by atoms with E-state index in [0.29, 0.717) is 17.1 Å². The maximum atomic E-state index is 12.5. The number of rotatable bonds is 6. The molecule has 3 rings (SSSR count). The summed E-state index contributed by atoms with van der Waals surface area (Å²) in [4.78, 5) is 26.4. The molecule has 0 unspecified atom stereocenters. The Morgan fingerprint density at radius 3 is 2.79 bits per heavy atom. The molecule has 1 aliphatic heterocycles. The van der Waals surface area contributed by atoms with Crippen LogP contribution in [-0.4, -0.2) is 39.8 Å². The van der Waals surface area contributed by atoms with Gasteiger partial charge in [-0.15, -0.1) is 11.8 Å². The predicted octanol–water partition coefficient (Wildman–Crippen LogP) is 3.26. The molecule has 2 heterocycles. The van der Waals surface area contributed by atoms with Crippen molar-refractivity contribution >= 4 is 23.5 Å². The largest absolute Gasteiger partial charge is 0.361 e. The Kier molecular flexibility index (Phi) is 5.35. The van der Waals surface area contributed by atoms with Crippen LogP contribution in [-0.2, 0) is 4.79 Å². The SMILES string of the molecule is Cc1cc([C@H]2CCCN2C(=O)CSCC(=O)c2ccccc2)no1. The number of nitrogens with zero attached hydrogens (tertiary/aromatic N) is 2. The minimum Gasteiger partial charge on any atom is -0.361 e. The van der Waals surface area contributed by atoms with Gasteiger partial charge in [0.25, 0.3) is 0 Å². The molecule has 0 aliphatic carbocycles. The highest BCUT2D eigenvalue weighted by atomic mass is 32.2. The highest BCUT2D eigenvalue weighted by molar-refractivity contribution is 8.00. The van der Waals surface area contributed by atoms with Gasteiger partial charge < -0.3 is 9.42 Å². The second kappa shape index (κ2) is 7.66. The number of likely N-dealkylation sites (tertiary alicyclic amines) is 1. The fraction of sp³-hybridized carbons (Fsp3) is 0.389. The van der Waals surface area contributed by atoms with Crippen molar-refractivity contribution in [2.75, 3.05) is 18.1 Å². The molecule has 1 aliphatic rings. The van der Waals surface area contributed by atoms with Crippen LogP contribution in [0.1, 0.15) is 40.7 Å². The molecule has 126 valence electrons. The summed E-state index contributed by atoms with van der Waals surface area (Å²) in [6, 6.07) is 11.1. The molecule has 1 saturated heterocycles. The zero-order chi connectivity index (χ0) is 16.9. The molecule has 1 aromatic heterocycles. The van der Waals surface area contributed by atoms with Crippen LogP contribution in [0.4, 0.5) is 0 Å². The van der Waals surface area contributed by atoms with Crippen molar-refractivity contribution in [3.8, 4) is 0 Å². The Morgan fingerprint density at radius 1 is 1.29 bits per heavy atom. The summed E-state index contributed by atoms with van der Waals surface area (Å²) in [6.45, 7) is 2.59. The average molecular weight is 344 g/mol. The second-order valence-corrected chi connectivity index (χ2v) is 6.88. The standard InChI is InChI=1S/C18H20N2O3S/c1-13-10-15(19-23-13)16-8-5-9-20(16)18(22)12-24-11-17(21)14-6-3-2-4-7-14/h2-4,6-7,10,16H,5,8-9,11-12H2,1H3/t16-/m1/s1. The molecule has 2 aromatic rings. The number of amides is 1. The molecule has 0 N–H and O–H groups in total. The van der Waals surface area contributed by atoms with E-state index >= 15 is 0 Å². The number of hydrogen-bond acceptors (Lipinski definition) is 5. The topological polar surface area (TPSA) is 63.4 Å². The Hall–Kier alpha value is -2.08. The minimum atomic E-state index is 0.000347. The van der Waals surface area contributed by atoms with E-state index in [2.05, 4.69) is 5.16 Å². The maximum absolute atomic E-state index is 12.5. The number of thioether (sulfide) groups is 1. The Morgan fingerprint density at radius 2 is 2.08 bits per heavy atom. The molecule has 0 spiro atoms. The number of carbonyl (C=O) groups excluding carboxylic acids is 2. The number of aryl methyl sites for hydroxylation is 1. The number of benzene rings is 1. The fourth-order valence-electron chi connectivity index (χ4n) is 2.94. The van der Waals surface area contributed by atoms with E-state index in [4.69, 9.17) is 4.52 Å². The van der Waals surface area contributed by atoms with Crippen molar-refractivity contribution in [3.63, 3.8) is 0 Å². The van der Waals surface area contributed by atoms with Gasteiger partial charge in [0.2, 0.25) is 5.91 Å². The van der Waals surface area contributed by atoms with Crippen LogP contribution in [0, 0.1) is 6.92 Å². The van der Waals surface area contributed by atoms with Gasteiger partial charge in [-0.05, 0) is 19.8 Å². The van der Waals surface area contributed by atoms with Crippen molar-refractivity contribution in [2.24, 2.45) is 0 Å². The van der Waals surface area contributed by atoms with Gasteiger partial charge in [0.05, 0.1) is 17.5 Å². The number of aromatic nitrogens is 1. The van der Waals surface area contributed by atoms with Crippen molar-refractivity contribution in [1.82, 2.24) is 10.1 Å². The summed E-state index contributed by atoms with van der Waals surface area (Å²) >= 11 is 1.37. The second-order valence-electron chi connectivity index (χ2n) is 5.89. The molecule has 0 saturated carbocycles. The highest BCUT2D eigenvalue weighted by Gasteiger charge is 2.31. The lowest BCUT2D eigenvalue weighted by Gasteiger charge is -2.22. The third kappa shape index (κ3) is 3.87. The van der Waals surface area contributed by atoms with E-state index in [-0.39, 0.29) is 17.7 Å². The zero-order valence-electron chi connectivity index (χ0n) is 13.6. The number of ketones is 1. The van der Waals surface area contributed by atoms with Gasteiger partial charge in [-0.25, -0.2) is 0 Å². The molecular weight excluding hydrogens is 324 g/mol. The van der Waals surface area contributed by atoms with Crippen LogP contribution >= 0.6 is 11.8 Å². The molecule has 24 heavy (non-hydrogen) atoms. The van der Waals surface area contributed by atoms with Crippen LogP contribution in [0.2, 0.25) is 0 Å². The average Bonchev–Trinajstić information content (AvgIpc) is 3.24. The molecule has 5 nitrogen and oxygen atoms in total. The summed E-state index contributed by atoms with van der Waals surface area (Å²) in [5, 5.41) is 4.05.